The molecule has 0 radical (unpaired) electrons. The molecule has 2 aromatic rings. The van der Waals surface area contributed by atoms with Gasteiger partial charge >= 0.3 is 0 Å². The Balaban J connectivity index is 1.67. The Kier molecular flexibility index (Phi) is 3.63. The first kappa shape index (κ1) is 12.8. The summed E-state index contributed by atoms with van der Waals surface area (Å²) in [6, 6.07) is 2.80. The van der Waals surface area contributed by atoms with Crippen molar-refractivity contribution < 1.29 is 4.52 Å². The lowest BCUT2D eigenvalue weighted by molar-refractivity contribution is 0.135. The third-order valence-electron chi connectivity index (χ3n) is 3.64. The summed E-state index contributed by atoms with van der Waals surface area (Å²) in [7, 11) is 0. The maximum absolute atomic E-state index is 5.97. The third-order valence-corrected chi connectivity index (χ3v) is 4.32. The second-order valence-electron chi connectivity index (χ2n) is 5.13. The van der Waals surface area contributed by atoms with Gasteiger partial charge in [0.2, 0.25) is 0 Å². The minimum Gasteiger partial charge on any atom is -0.334 e. The predicted octanol–water partition coefficient (Wildman–Crippen LogP) is 2.11. The summed E-state index contributed by atoms with van der Waals surface area (Å²) in [5.74, 6) is 1.36. The van der Waals surface area contributed by atoms with Gasteiger partial charge in [0.15, 0.2) is 5.82 Å². The van der Waals surface area contributed by atoms with Gasteiger partial charge in [-0.1, -0.05) is 5.16 Å². The van der Waals surface area contributed by atoms with Gasteiger partial charge in [-0.05, 0) is 31.2 Å². The van der Waals surface area contributed by atoms with Crippen molar-refractivity contribution in [3.8, 4) is 11.5 Å². The fraction of sp³-hybridized carbons (Fsp3) is 0.538. The van der Waals surface area contributed by atoms with E-state index >= 15 is 0 Å². The number of hydrogen-bond acceptors (Lipinski definition) is 6. The Hall–Kier alpha value is -1.24. The van der Waals surface area contributed by atoms with Crippen LogP contribution in [0.3, 0.4) is 0 Å². The highest BCUT2D eigenvalue weighted by Gasteiger charge is 2.24. The number of piperidine rings is 1. The van der Waals surface area contributed by atoms with Gasteiger partial charge in [0.1, 0.15) is 0 Å². The zero-order chi connectivity index (χ0) is 13.2. The molecule has 0 saturated carbocycles. The highest BCUT2D eigenvalue weighted by molar-refractivity contribution is 7.08. The summed E-state index contributed by atoms with van der Waals surface area (Å²) >= 11 is 1.63. The summed E-state index contributed by atoms with van der Waals surface area (Å²) in [5, 5.41) is 8.09. The van der Waals surface area contributed by atoms with Gasteiger partial charge in [-0.15, -0.1) is 0 Å². The second kappa shape index (κ2) is 5.40. The zero-order valence-corrected chi connectivity index (χ0v) is 11.8. The lowest BCUT2D eigenvalue weighted by Crippen LogP contribution is -2.45. The van der Waals surface area contributed by atoms with Gasteiger partial charge in [-0.2, -0.15) is 16.3 Å². The van der Waals surface area contributed by atoms with E-state index < -0.39 is 0 Å². The number of likely N-dealkylation sites (tertiary alicyclic amines) is 1. The van der Waals surface area contributed by atoms with Crippen LogP contribution >= 0.6 is 11.3 Å². The quantitative estimate of drug-likeness (QED) is 0.931. The fourth-order valence-electron chi connectivity index (χ4n) is 2.50. The van der Waals surface area contributed by atoms with Gasteiger partial charge in [-0.25, -0.2) is 0 Å². The number of nitrogens with two attached hydrogens (primary N) is 1. The Morgan fingerprint density at radius 2 is 2.47 bits per heavy atom. The third kappa shape index (κ3) is 2.86. The lowest BCUT2D eigenvalue weighted by Gasteiger charge is -2.35. The minimum absolute atomic E-state index is 0.331. The first-order valence-electron chi connectivity index (χ1n) is 6.57. The zero-order valence-electron chi connectivity index (χ0n) is 11.0. The van der Waals surface area contributed by atoms with Crippen LogP contribution in [0, 0.1) is 0 Å². The van der Waals surface area contributed by atoms with Crippen molar-refractivity contribution in [3.05, 3.63) is 22.7 Å². The Morgan fingerprint density at radius 3 is 3.21 bits per heavy atom. The molecule has 5 nitrogen and oxygen atoms in total. The van der Waals surface area contributed by atoms with E-state index in [2.05, 4.69) is 22.0 Å². The van der Waals surface area contributed by atoms with Crippen molar-refractivity contribution in [2.45, 2.75) is 38.4 Å². The van der Waals surface area contributed by atoms with Gasteiger partial charge in [0, 0.05) is 24.0 Å². The van der Waals surface area contributed by atoms with Crippen LogP contribution in [0.1, 0.15) is 25.6 Å². The Labute approximate surface area is 116 Å². The predicted molar refractivity (Wildman–Crippen MR) is 74.7 cm³/mol. The van der Waals surface area contributed by atoms with Gasteiger partial charge in [0.05, 0.1) is 12.1 Å². The standard InChI is InChI=1S/C13H18N4OS/c1-9-6-11(14)2-4-17(9)7-12-15-13(18-16-12)10-3-5-19-8-10/h3,5,8-9,11H,2,4,6-7,14H2,1H3. The largest absolute Gasteiger partial charge is 0.334 e. The molecule has 2 atom stereocenters. The van der Waals surface area contributed by atoms with Crippen LogP contribution in [0.25, 0.3) is 11.5 Å². The van der Waals surface area contributed by atoms with Crippen molar-refractivity contribution in [1.29, 1.82) is 0 Å². The van der Waals surface area contributed by atoms with Crippen LogP contribution in [0.4, 0.5) is 0 Å². The summed E-state index contributed by atoms with van der Waals surface area (Å²) in [6.45, 7) is 3.95. The van der Waals surface area contributed by atoms with Gasteiger partial charge in [0.25, 0.3) is 5.89 Å². The smallest absolute Gasteiger partial charge is 0.258 e. The van der Waals surface area contributed by atoms with E-state index in [4.69, 9.17) is 10.3 Å². The maximum atomic E-state index is 5.97. The normalized spacial score (nSPS) is 24.7. The highest BCUT2D eigenvalue weighted by Crippen LogP contribution is 2.22. The van der Waals surface area contributed by atoms with Gasteiger partial charge in [-0.3, -0.25) is 4.90 Å². The molecule has 1 fully saturated rings. The molecule has 2 unspecified atom stereocenters. The molecule has 2 N–H and O–H groups in total. The van der Waals surface area contributed by atoms with Crippen molar-refractivity contribution in [1.82, 2.24) is 15.0 Å². The number of aromatic nitrogens is 2. The summed E-state index contributed by atoms with van der Waals surface area (Å²) < 4.78 is 5.30. The van der Waals surface area contributed by atoms with Crippen LogP contribution in [-0.2, 0) is 6.54 Å². The number of rotatable bonds is 3. The van der Waals surface area contributed by atoms with Crippen molar-refractivity contribution in [3.63, 3.8) is 0 Å². The van der Waals surface area contributed by atoms with E-state index in [9.17, 15) is 0 Å². The first-order valence-corrected chi connectivity index (χ1v) is 7.51. The van der Waals surface area contributed by atoms with Crippen molar-refractivity contribution >= 4 is 11.3 Å². The SMILES string of the molecule is CC1CC(N)CCN1Cc1noc(-c2ccsc2)n1. The van der Waals surface area contributed by atoms with E-state index in [1.54, 1.807) is 11.3 Å². The van der Waals surface area contributed by atoms with E-state index in [1.807, 2.05) is 16.8 Å². The van der Waals surface area contributed by atoms with Crippen molar-refractivity contribution in [2.75, 3.05) is 6.54 Å². The molecule has 0 amide bonds. The maximum Gasteiger partial charge on any atom is 0.258 e. The molecule has 0 spiro atoms. The van der Waals surface area contributed by atoms with Gasteiger partial charge < -0.3 is 10.3 Å². The topological polar surface area (TPSA) is 68.2 Å². The first-order chi connectivity index (χ1) is 9.22. The van der Waals surface area contributed by atoms with Crippen LogP contribution < -0.4 is 5.73 Å². The monoisotopic (exact) mass is 278 g/mol. The van der Waals surface area contributed by atoms with Crippen LogP contribution in [-0.4, -0.2) is 33.7 Å². The molecular weight excluding hydrogens is 260 g/mol. The molecule has 0 bridgehead atoms. The minimum atomic E-state index is 0.331. The molecule has 0 aliphatic carbocycles. The Bertz CT molecular complexity index is 524. The summed E-state index contributed by atoms with van der Waals surface area (Å²) in [5.41, 5.74) is 6.97. The molecule has 1 aliphatic rings. The average Bonchev–Trinajstić information content (AvgIpc) is 3.03. The number of thiophene rings is 1. The van der Waals surface area contributed by atoms with E-state index in [0.717, 1.165) is 37.3 Å². The molecule has 19 heavy (non-hydrogen) atoms. The molecule has 2 aromatic heterocycles. The van der Waals surface area contributed by atoms with Crippen molar-refractivity contribution in [2.24, 2.45) is 5.73 Å². The van der Waals surface area contributed by atoms with Crippen LogP contribution in [0.2, 0.25) is 0 Å². The summed E-state index contributed by atoms with van der Waals surface area (Å²) in [4.78, 5) is 6.82. The van der Waals surface area contributed by atoms with E-state index in [1.165, 1.54) is 0 Å². The molecule has 3 heterocycles. The highest BCUT2D eigenvalue weighted by atomic mass is 32.1. The van der Waals surface area contributed by atoms with Crippen LogP contribution in [0.5, 0.6) is 0 Å². The molecule has 6 heteroatoms. The van der Waals surface area contributed by atoms with E-state index in [0.29, 0.717) is 18.0 Å². The molecular formula is C13H18N4OS. The summed E-state index contributed by atoms with van der Waals surface area (Å²) in [6.07, 6.45) is 2.08. The molecule has 1 saturated heterocycles. The van der Waals surface area contributed by atoms with E-state index in [-0.39, 0.29) is 0 Å². The molecule has 102 valence electrons. The number of hydrogen-bond donors (Lipinski definition) is 1. The van der Waals surface area contributed by atoms with Crippen LogP contribution in [0.15, 0.2) is 21.3 Å². The molecule has 0 aromatic carbocycles. The Morgan fingerprint density at radius 1 is 1.58 bits per heavy atom. The number of nitrogens with zero attached hydrogens (tertiary/aromatic N) is 3. The average molecular weight is 278 g/mol. The molecule has 1 aliphatic heterocycles. The lowest BCUT2D eigenvalue weighted by atomic mass is 9.99. The second-order valence-corrected chi connectivity index (χ2v) is 5.91. The fourth-order valence-corrected chi connectivity index (χ4v) is 3.12. The molecule has 3 rings (SSSR count).